The summed E-state index contributed by atoms with van der Waals surface area (Å²) in [4.78, 5) is 17.0. The molecule has 2 rings (SSSR count). The van der Waals surface area contributed by atoms with Gasteiger partial charge in [0.15, 0.2) is 0 Å². The molecule has 1 aliphatic heterocycles. The molecule has 164 valence electrons. The molecular weight excluding hydrogens is 372 g/mol. The summed E-state index contributed by atoms with van der Waals surface area (Å²) in [5.41, 5.74) is 1.79. The van der Waals surface area contributed by atoms with E-state index < -0.39 is 6.10 Å². The quantitative estimate of drug-likeness (QED) is 0.599. The minimum absolute atomic E-state index is 0.0202. The number of aliphatic hydroxyl groups is 1. The van der Waals surface area contributed by atoms with E-state index in [0.29, 0.717) is 51.6 Å². The van der Waals surface area contributed by atoms with E-state index in [-0.39, 0.29) is 18.1 Å². The Balaban J connectivity index is 1.93. The highest BCUT2D eigenvalue weighted by molar-refractivity contribution is 5.94. The zero-order valence-electron chi connectivity index (χ0n) is 18.2. The van der Waals surface area contributed by atoms with Crippen LogP contribution in [0.4, 0.5) is 0 Å². The summed E-state index contributed by atoms with van der Waals surface area (Å²) >= 11 is 0. The Morgan fingerprint density at radius 2 is 2.07 bits per heavy atom. The molecule has 1 amide bonds. The molecular formula is C22H36N2O5. The molecule has 1 aromatic carbocycles. The maximum atomic E-state index is 13.0. The Morgan fingerprint density at radius 1 is 1.34 bits per heavy atom. The van der Waals surface area contributed by atoms with E-state index in [9.17, 15) is 9.90 Å². The van der Waals surface area contributed by atoms with Crippen molar-refractivity contribution in [2.24, 2.45) is 0 Å². The number of aliphatic hydroxyl groups excluding tert-OH is 1. The molecule has 1 saturated heterocycles. The molecule has 7 nitrogen and oxygen atoms in total. The Labute approximate surface area is 174 Å². The fourth-order valence-corrected chi connectivity index (χ4v) is 3.31. The third-order valence-electron chi connectivity index (χ3n) is 4.89. The van der Waals surface area contributed by atoms with E-state index in [0.717, 1.165) is 12.1 Å². The second kappa shape index (κ2) is 12.2. The molecule has 1 heterocycles. The molecule has 7 heteroatoms. The van der Waals surface area contributed by atoms with Crippen molar-refractivity contribution in [3.63, 3.8) is 0 Å². The van der Waals surface area contributed by atoms with Crippen molar-refractivity contribution in [2.45, 2.75) is 39.1 Å². The number of ether oxygens (including phenoxy) is 3. The van der Waals surface area contributed by atoms with Crippen LogP contribution in [0, 0.1) is 6.92 Å². The van der Waals surface area contributed by atoms with Crippen LogP contribution >= 0.6 is 0 Å². The van der Waals surface area contributed by atoms with Crippen molar-refractivity contribution in [2.75, 3.05) is 59.7 Å². The van der Waals surface area contributed by atoms with Crippen molar-refractivity contribution in [1.29, 1.82) is 0 Å². The van der Waals surface area contributed by atoms with Gasteiger partial charge in [-0.2, -0.15) is 0 Å². The number of nitrogens with zero attached hydrogens (tertiary/aromatic N) is 2. The average Bonchev–Trinajstić information content (AvgIpc) is 2.70. The lowest BCUT2D eigenvalue weighted by Crippen LogP contribution is -2.51. The Kier molecular flexibility index (Phi) is 10.0. The zero-order valence-corrected chi connectivity index (χ0v) is 18.2. The molecule has 0 aliphatic carbocycles. The topological polar surface area (TPSA) is 71.5 Å². The summed E-state index contributed by atoms with van der Waals surface area (Å²) in [5, 5.41) is 10.2. The van der Waals surface area contributed by atoms with Crippen LogP contribution in [0.15, 0.2) is 24.3 Å². The van der Waals surface area contributed by atoms with E-state index in [2.05, 4.69) is 4.90 Å². The van der Waals surface area contributed by atoms with Gasteiger partial charge < -0.3 is 24.2 Å². The van der Waals surface area contributed by atoms with Crippen molar-refractivity contribution in [3.05, 3.63) is 35.4 Å². The van der Waals surface area contributed by atoms with Crippen LogP contribution in [0.5, 0.6) is 0 Å². The number of amides is 1. The van der Waals surface area contributed by atoms with Gasteiger partial charge in [-0.05, 0) is 32.9 Å². The number of carbonyl (C=O) groups excluding carboxylic acids is 1. The van der Waals surface area contributed by atoms with Crippen molar-refractivity contribution >= 4 is 5.91 Å². The van der Waals surface area contributed by atoms with Crippen molar-refractivity contribution < 1.29 is 24.1 Å². The largest absolute Gasteiger partial charge is 0.389 e. The molecule has 2 atom stereocenters. The van der Waals surface area contributed by atoms with E-state index in [1.165, 1.54) is 0 Å². The number of methoxy groups -OCH3 is 1. The van der Waals surface area contributed by atoms with E-state index >= 15 is 0 Å². The van der Waals surface area contributed by atoms with Crippen LogP contribution in [-0.2, 0) is 14.2 Å². The first-order chi connectivity index (χ1) is 13.9. The molecule has 1 fully saturated rings. The van der Waals surface area contributed by atoms with Gasteiger partial charge in [-0.1, -0.05) is 17.7 Å². The molecule has 0 aromatic heterocycles. The maximum Gasteiger partial charge on any atom is 0.254 e. The number of aryl methyl sites for hydroxylation is 1. The second-order valence-electron chi connectivity index (χ2n) is 7.90. The third-order valence-corrected chi connectivity index (χ3v) is 4.89. The van der Waals surface area contributed by atoms with Crippen LogP contribution < -0.4 is 0 Å². The van der Waals surface area contributed by atoms with Crippen LogP contribution in [0.3, 0.4) is 0 Å². The summed E-state index contributed by atoms with van der Waals surface area (Å²) in [6.07, 6.45) is -0.535. The van der Waals surface area contributed by atoms with Gasteiger partial charge in [0.05, 0.1) is 38.1 Å². The highest BCUT2D eigenvalue weighted by Crippen LogP contribution is 2.12. The highest BCUT2D eigenvalue weighted by Gasteiger charge is 2.26. The van der Waals surface area contributed by atoms with Gasteiger partial charge in [-0.15, -0.1) is 0 Å². The first-order valence-corrected chi connectivity index (χ1v) is 10.4. The Hall–Kier alpha value is -1.51. The summed E-state index contributed by atoms with van der Waals surface area (Å²) in [6.45, 7) is 10.3. The predicted octanol–water partition coefficient (Wildman–Crippen LogP) is 1.57. The van der Waals surface area contributed by atoms with Gasteiger partial charge in [0.2, 0.25) is 0 Å². The fourth-order valence-electron chi connectivity index (χ4n) is 3.31. The first kappa shape index (κ1) is 23.8. The molecule has 29 heavy (non-hydrogen) atoms. The lowest BCUT2D eigenvalue weighted by Gasteiger charge is -2.36. The monoisotopic (exact) mass is 408 g/mol. The molecule has 0 radical (unpaired) electrons. The van der Waals surface area contributed by atoms with Gasteiger partial charge in [-0.3, -0.25) is 9.69 Å². The molecule has 0 bridgehead atoms. The highest BCUT2D eigenvalue weighted by atomic mass is 16.5. The number of morpholine rings is 1. The zero-order chi connectivity index (χ0) is 21.2. The summed E-state index contributed by atoms with van der Waals surface area (Å²) < 4.78 is 16.6. The fraction of sp³-hybridized carbons (Fsp3) is 0.682. The minimum Gasteiger partial charge on any atom is -0.389 e. The first-order valence-electron chi connectivity index (χ1n) is 10.4. The number of benzene rings is 1. The molecule has 1 aliphatic rings. The van der Waals surface area contributed by atoms with Gasteiger partial charge in [0.25, 0.3) is 5.91 Å². The van der Waals surface area contributed by atoms with Gasteiger partial charge in [-0.25, -0.2) is 0 Å². The lowest BCUT2D eigenvalue weighted by atomic mass is 10.1. The van der Waals surface area contributed by atoms with Gasteiger partial charge in [0, 0.05) is 45.4 Å². The van der Waals surface area contributed by atoms with Crippen LogP contribution in [0.2, 0.25) is 0 Å². The number of carbonyl (C=O) groups is 1. The molecule has 1 N–H and O–H groups in total. The normalized spacial score (nSPS) is 18.8. The van der Waals surface area contributed by atoms with Crippen molar-refractivity contribution in [1.82, 2.24) is 9.80 Å². The molecule has 0 unspecified atom stereocenters. The number of hydrogen-bond acceptors (Lipinski definition) is 6. The van der Waals surface area contributed by atoms with Gasteiger partial charge in [0.1, 0.15) is 0 Å². The predicted molar refractivity (Wildman–Crippen MR) is 112 cm³/mol. The minimum atomic E-state index is -0.532. The number of hydrogen-bond donors (Lipinski definition) is 1. The number of rotatable bonds is 11. The SMILES string of the molecule is COCCN(C[C@H]1CN(C[C@@H](O)COC(C)C)CCO1)C(=O)c1ccc(C)cc1. The smallest absolute Gasteiger partial charge is 0.254 e. The van der Waals surface area contributed by atoms with Crippen molar-refractivity contribution in [3.8, 4) is 0 Å². The van der Waals surface area contributed by atoms with Gasteiger partial charge >= 0.3 is 0 Å². The molecule has 1 aromatic rings. The van der Waals surface area contributed by atoms with Crippen LogP contribution in [0.1, 0.15) is 29.8 Å². The van der Waals surface area contributed by atoms with E-state index in [1.54, 1.807) is 12.0 Å². The second-order valence-corrected chi connectivity index (χ2v) is 7.90. The lowest BCUT2D eigenvalue weighted by molar-refractivity contribution is -0.0634. The molecule has 0 spiro atoms. The van der Waals surface area contributed by atoms with Crippen LogP contribution in [0.25, 0.3) is 0 Å². The summed E-state index contributed by atoms with van der Waals surface area (Å²) in [5.74, 6) is -0.0202. The Morgan fingerprint density at radius 3 is 2.72 bits per heavy atom. The standard InChI is InChI=1S/C22H36N2O5/c1-17(2)29-16-20(25)13-23-9-12-28-21(14-23)15-24(10-11-27-4)22(26)19-7-5-18(3)6-8-19/h5-8,17,20-21,25H,9-16H2,1-4H3/t20-,21-/m1/s1. The van der Waals surface area contributed by atoms with E-state index in [1.807, 2.05) is 45.0 Å². The van der Waals surface area contributed by atoms with Crippen LogP contribution in [-0.4, -0.2) is 98.8 Å². The maximum absolute atomic E-state index is 13.0. The summed E-state index contributed by atoms with van der Waals surface area (Å²) in [6, 6.07) is 7.61. The number of β-amino-alcohol motifs (C(OH)–C–C–N with tert-alkyl or cyclic N) is 1. The summed E-state index contributed by atoms with van der Waals surface area (Å²) in [7, 11) is 1.63. The Bertz CT molecular complexity index is 608. The van der Waals surface area contributed by atoms with E-state index in [4.69, 9.17) is 14.2 Å². The molecule has 0 saturated carbocycles. The average molecular weight is 409 g/mol. The third kappa shape index (κ3) is 8.40.